The number of benzene rings is 2. The highest BCUT2D eigenvalue weighted by Gasteiger charge is 2.38. The average molecular weight is 549 g/mol. The topological polar surface area (TPSA) is 54.0 Å². The van der Waals surface area contributed by atoms with E-state index < -0.39 is 68.5 Å². The Morgan fingerprint density at radius 2 is 1.45 bits per heavy atom. The second-order valence-electron chi connectivity index (χ2n) is 7.36. The fourth-order valence-electron chi connectivity index (χ4n) is 2.49. The lowest BCUT2D eigenvalue weighted by atomic mass is 10.1. The largest absolute Gasteiger partial charge is 0.573 e. The van der Waals surface area contributed by atoms with Crippen molar-refractivity contribution in [3.63, 3.8) is 0 Å². The summed E-state index contributed by atoms with van der Waals surface area (Å²) in [5.41, 5.74) is -3.00. The minimum Gasteiger partial charge on any atom is -0.490 e. The maximum Gasteiger partial charge on any atom is 0.573 e. The smallest absolute Gasteiger partial charge is 0.490 e. The minimum atomic E-state index is -5.20. The molecule has 0 bridgehead atoms. The normalized spacial score (nSPS) is 12.4. The number of hydrogen-bond acceptors (Lipinski definition) is 5. The second kappa shape index (κ2) is 9.27. The van der Waals surface area contributed by atoms with Gasteiger partial charge in [-0.05, 0) is 61.0 Å². The minimum absolute atomic E-state index is 0.508. The maximum atomic E-state index is 14.5. The lowest BCUT2D eigenvalue weighted by Crippen LogP contribution is -2.25. The van der Waals surface area contributed by atoms with E-state index in [4.69, 9.17) is 14.2 Å². The Morgan fingerprint density at radius 3 is 1.94 bits per heavy atom. The van der Waals surface area contributed by atoms with Gasteiger partial charge in [-0.2, -0.15) is 17.6 Å². The molecular weight excluding hydrogens is 533 g/mol. The molecule has 2 rings (SSSR count). The molecule has 0 N–H and O–H groups in total. The van der Waals surface area contributed by atoms with Crippen molar-refractivity contribution in [2.75, 3.05) is 7.11 Å². The molecule has 0 aliphatic carbocycles. The standard InChI is InChI=1S/C20H16BrF7O5/c1-18(2,3)33-17(29)13-10(6-5-9(14(13)21)19(23,24)25)31-12-8-7-11(32-20(26,27)28)15(22)16(12)30-4/h5-8H,1-4H3. The second-order valence-corrected chi connectivity index (χ2v) is 8.15. The predicted octanol–water partition coefficient (Wildman–Crippen LogP) is 7.26. The van der Waals surface area contributed by atoms with Crippen molar-refractivity contribution in [1.82, 2.24) is 0 Å². The molecule has 0 aliphatic heterocycles. The quantitative estimate of drug-likeness (QED) is 0.290. The number of hydrogen-bond donors (Lipinski definition) is 0. The van der Waals surface area contributed by atoms with Crippen molar-refractivity contribution < 1.29 is 54.5 Å². The number of rotatable bonds is 5. The molecule has 182 valence electrons. The Kier molecular flexibility index (Phi) is 7.46. The fourth-order valence-corrected chi connectivity index (χ4v) is 3.21. The van der Waals surface area contributed by atoms with Crippen LogP contribution in [0.2, 0.25) is 0 Å². The van der Waals surface area contributed by atoms with Gasteiger partial charge in [0, 0.05) is 4.47 Å². The van der Waals surface area contributed by atoms with Crippen LogP contribution in [0.25, 0.3) is 0 Å². The van der Waals surface area contributed by atoms with Gasteiger partial charge >= 0.3 is 18.5 Å². The first-order valence-electron chi connectivity index (χ1n) is 8.87. The molecule has 0 saturated carbocycles. The Balaban J connectivity index is 2.62. The van der Waals surface area contributed by atoms with E-state index in [1.165, 1.54) is 20.8 Å². The van der Waals surface area contributed by atoms with Crippen molar-refractivity contribution in [3.05, 3.63) is 45.7 Å². The van der Waals surface area contributed by atoms with Gasteiger partial charge in [0.2, 0.25) is 11.6 Å². The molecule has 0 saturated heterocycles. The van der Waals surface area contributed by atoms with Crippen LogP contribution < -0.4 is 14.2 Å². The van der Waals surface area contributed by atoms with Crippen LogP contribution in [-0.4, -0.2) is 25.0 Å². The summed E-state index contributed by atoms with van der Waals surface area (Å²) in [6.45, 7) is 4.43. The van der Waals surface area contributed by atoms with Crippen molar-refractivity contribution >= 4 is 21.9 Å². The summed E-state index contributed by atoms with van der Waals surface area (Å²) < 4.78 is 110. The molecule has 0 amide bonds. The molecule has 2 aromatic rings. The lowest BCUT2D eigenvalue weighted by molar-refractivity contribution is -0.275. The molecular formula is C20H16BrF7O5. The lowest BCUT2D eigenvalue weighted by Gasteiger charge is -2.22. The first-order chi connectivity index (χ1) is 14.9. The Labute approximate surface area is 191 Å². The molecule has 13 heteroatoms. The number of alkyl halides is 6. The number of carbonyl (C=O) groups is 1. The summed E-state index contributed by atoms with van der Waals surface area (Å²) in [5, 5.41) is 0. The van der Waals surface area contributed by atoms with Crippen LogP contribution in [0.1, 0.15) is 36.7 Å². The summed E-state index contributed by atoms with van der Waals surface area (Å²) in [4.78, 5) is 12.7. The van der Waals surface area contributed by atoms with Crippen LogP contribution in [-0.2, 0) is 10.9 Å². The third-order valence-electron chi connectivity index (χ3n) is 3.69. The molecule has 0 unspecified atom stereocenters. The van der Waals surface area contributed by atoms with Crippen LogP contribution in [0.3, 0.4) is 0 Å². The molecule has 0 atom stereocenters. The predicted molar refractivity (Wildman–Crippen MR) is 104 cm³/mol. The fraction of sp³-hybridized carbons (Fsp3) is 0.350. The number of ether oxygens (including phenoxy) is 4. The van der Waals surface area contributed by atoms with E-state index in [-0.39, 0.29) is 0 Å². The molecule has 0 spiro atoms. The third-order valence-corrected chi connectivity index (χ3v) is 4.51. The zero-order chi connectivity index (χ0) is 25.4. The van der Waals surface area contributed by atoms with Crippen molar-refractivity contribution in [2.24, 2.45) is 0 Å². The van der Waals surface area contributed by atoms with Gasteiger partial charge in [0.05, 0.1) is 12.7 Å². The van der Waals surface area contributed by atoms with Crippen LogP contribution in [0.4, 0.5) is 30.7 Å². The van der Waals surface area contributed by atoms with Crippen LogP contribution >= 0.6 is 15.9 Å². The summed E-state index contributed by atoms with van der Waals surface area (Å²) in [7, 11) is 0.917. The number of esters is 1. The monoisotopic (exact) mass is 548 g/mol. The van der Waals surface area contributed by atoms with Crippen LogP contribution in [0.5, 0.6) is 23.0 Å². The highest BCUT2D eigenvalue weighted by molar-refractivity contribution is 9.10. The summed E-state index contributed by atoms with van der Waals surface area (Å²) >= 11 is 2.73. The van der Waals surface area contributed by atoms with E-state index in [1.54, 1.807) is 0 Å². The van der Waals surface area contributed by atoms with Gasteiger partial charge in [-0.1, -0.05) is 0 Å². The average Bonchev–Trinajstić information content (AvgIpc) is 2.60. The molecule has 2 aromatic carbocycles. The van der Waals surface area contributed by atoms with Gasteiger partial charge in [-0.3, -0.25) is 0 Å². The van der Waals surface area contributed by atoms with E-state index in [1.807, 2.05) is 0 Å². The summed E-state index contributed by atoms with van der Waals surface area (Å²) in [6, 6.07) is 2.78. The highest BCUT2D eigenvalue weighted by Crippen LogP contribution is 2.44. The number of methoxy groups -OCH3 is 1. The van der Waals surface area contributed by atoms with Crippen LogP contribution in [0, 0.1) is 5.82 Å². The Hall–Kier alpha value is -2.70. The molecule has 0 aromatic heterocycles. The zero-order valence-electron chi connectivity index (χ0n) is 17.4. The summed E-state index contributed by atoms with van der Waals surface area (Å²) in [5.74, 6) is -5.91. The number of carbonyl (C=O) groups excluding carboxylic acids is 1. The van der Waals surface area contributed by atoms with Crippen molar-refractivity contribution in [3.8, 4) is 23.0 Å². The van der Waals surface area contributed by atoms with Gasteiger partial charge in [-0.15, -0.1) is 13.2 Å². The Morgan fingerprint density at radius 1 is 0.909 bits per heavy atom. The van der Waals surface area contributed by atoms with E-state index >= 15 is 0 Å². The molecule has 5 nitrogen and oxygen atoms in total. The SMILES string of the molecule is COc1c(Oc2ccc(C(F)(F)F)c(Br)c2C(=O)OC(C)(C)C)ccc(OC(F)(F)F)c1F. The molecule has 0 aliphatic rings. The number of halogens is 8. The van der Waals surface area contributed by atoms with Crippen LogP contribution in [0.15, 0.2) is 28.7 Å². The molecule has 0 heterocycles. The molecule has 33 heavy (non-hydrogen) atoms. The van der Waals surface area contributed by atoms with Gasteiger partial charge in [0.25, 0.3) is 0 Å². The molecule has 0 fully saturated rings. The first kappa shape index (κ1) is 26.6. The van der Waals surface area contributed by atoms with Gasteiger partial charge in [0.15, 0.2) is 11.5 Å². The van der Waals surface area contributed by atoms with Crippen molar-refractivity contribution in [2.45, 2.75) is 38.9 Å². The molecule has 0 radical (unpaired) electrons. The van der Waals surface area contributed by atoms with Gasteiger partial charge in [0.1, 0.15) is 16.9 Å². The van der Waals surface area contributed by atoms with E-state index in [2.05, 4.69) is 20.7 Å². The Bertz CT molecular complexity index is 1040. The first-order valence-corrected chi connectivity index (χ1v) is 9.67. The van der Waals surface area contributed by atoms with Gasteiger partial charge < -0.3 is 18.9 Å². The van der Waals surface area contributed by atoms with Gasteiger partial charge in [-0.25, -0.2) is 4.79 Å². The van der Waals surface area contributed by atoms with E-state index in [0.717, 1.165) is 19.2 Å². The van der Waals surface area contributed by atoms with E-state index in [0.29, 0.717) is 12.1 Å². The summed E-state index contributed by atoms with van der Waals surface area (Å²) in [6.07, 6.45) is -10.1. The third kappa shape index (κ3) is 6.65. The van der Waals surface area contributed by atoms with Crippen molar-refractivity contribution in [1.29, 1.82) is 0 Å². The maximum absolute atomic E-state index is 14.5. The highest BCUT2D eigenvalue weighted by atomic mass is 79.9. The zero-order valence-corrected chi connectivity index (χ0v) is 19.0. The van der Waals surface area contributed by atoms with E-state index in [9.17, 15) is 35.5 Å².